The van der Waals surface area contributed by atoms with Crippen molar-refractivity contribution in [1.82, 2.24) is 0 Å². The second-order valence-electron chi connectivity index (χ2n) is 5.16. The molecule has 0 fully saturated rings. The molecule has 2 aromatic rings. The van der Waals surface area contributed by atoms with Gasteiger partial charge in [0.1, 0.15) is 5.75 Å². The van der Waals surface area contributed by atoms with Crippen LogP contribution in [-0.4, -0.2) is 7.11 Å². The summed E-state index contributed by atoms with van der Waals surface area (Å²) in [5.74, 6) is 0.938. The van der Waals surface area contributed by atoms with Gasteiger partial charge in [0, 0.05) is 10.2 Å². The Labute approximate surface area is 128 Å². The first-order valence-corrected chi connectivity index (χ1v) is 7.74. The van der Waals surface area contributed by atoms with Crippen LogP contribution in [0.1, 0.15) is 30.0 Å². The van der Waals surface area contributed by atoms with Crippen LogP contribution in [-0.2, 0) is 6.42 Å². The molecule has 2 aromatic carbocycles. The van der Waals surface area contributed by atoms with Crippen LogP contribution >= 0.6 is 15.9 Å². The van der Waals surface area contributed by atoms with Crippen molar-refractivity contribution < 1.29 is 4.74 Å². The predicted octanol–water partition coefficient (Wildman–Crippen LogP) is 4.95. The molecule has 0 saturated carbocycles. The molecule has 3 rings (SSSR count). The number of benzene rings is 2. The van der Waals surface area contributed by atoms with Gasteiger partial charge in [0.15, 0.2) is 0 Å². The summed E-state index contributed by atoms with van der Waals surface area (Å²) >= 11 is 3.47. The van der Waals surface area contributed by atoms with Crippen LogP contribution < -0.4 is 10.1 Å². The van der Waals surface area contributed by atoms with Gasteiger partial charge in [-0.2, -0.15) is 0 Å². The van der Waals surface area contributed by atoms with E-state index in [1.165, 1.54) is 17.5 Å². The van der Waals surface area contributed by atoms with Crippen LogP contribution in [0, 0.1) is 0 Å². The summed E-state index contributed by atoms with van der Waals surface area (Å²) in [7, 11) is 1.72. The first-order valence-electron chi connectivity index (χ1n) is 6.95. The molecule has 20 heavy (non-hydrogen) atoms. The molecule has 2 nitrogen and oxygen atoms in total. The fourth-order valence-corrected chi connectivity index (χ4v) is 3.07. The van der Waals surface area contributed by atoms with Gasteiger partial charge in [-0.15, -0.1) is 0 Å². The second-order valence-corrected chi connectivity index (χ2v) is 6.08. The van der Waals surface area contributed by atoms with E-state index in [1.807, 2.05) is 0 Å². The zero-order valence-electron chi connectivity index (χ0n) is 11.5. The number of rotatable bonds is 3. The van der Waals surface area contributed by atoms with Gasteiger partial charge in [-0.3, -0.25) is 0 Å². The van der Waals surface area contributed by atoms with Crippen molar-refractivity contribution in [1.29, 1.82) is 0 Å². The highest BCUT2D eigenvalue weighted by atomic mass is 79.9. The zero-order valence-corrected chi connectivity index (χ0v) is 13.1. The van der Waals surface area contributed by atoms with Gasteiger partial charge in [-0.25, -0.2) is 0 Å². The normalized spacial score (nSPS) is 17.4. The van der Waals surface area contributed by atoms with E-state index in [9.17, 15) is 0 Å². The van der Waals surface area contributed by atoms with Gasteiger partial charge in [0.05, 0.1) is 13.2 Å². The number of methoxy groups -OCH3 is 1. The molecule has 1 aliphatic rings. The summed E-state index contributed by atoms with van der Waals surface area (Å²) < 4.78 is 6.47. The lowest BCUT2D eigenvalue weighted by Gasteiger charge is -2.27. The van der Waals surface area contributed by atoms with Gasteiger partial charge in [0.2, 0.25) is 0 Å². The van der Waals surface area contributed by atoms with E-state index in [-0.39, 0.29) is 0 Å². The van der Waals surface area contributed by atoms with Crippen molar-refractivity contribution >= 4 is 21.6 Å². The number of aryl methyl sites for hydroxylation is 1. The van der Waals surface area contributed by atoms with Crippen molar-refractivity contribution in [2.45, 2.75) is 25.3 Å². The van der Waals surface area contributed by atoms with Crippen LogP contribution in [0.5, 0.6) is 5.75 Å². The molecule has 0 aromatic heterocycles. The lowest BCUT2D eigenvalue weighted by Crippen LogP contribution is -2.17. The maximum absolute atomic E-state index is 5.36. The zero-order chi connectivity index (χ0) is 13.9. The van der Waals surface area contributed by atoms with E-state index in [2.05, 4.69) is 63.7 Å². The van der Waals surface area contributed by atoms with Gasteiger partial charge in [0.25, 0.3) is 0 Å². The lowest BCUT2D eigenvalue weighted by molar-refractivity contribution is 0.413. The van der Waals surface area contributed by atoms with Crippen LogP contribution in [0.15, 0.2) is 46.9 Å². The Hall–Kier alpha value is -1.48. The Morgan fingerprint density at radius 3 is 2.70 bits per heavy atom. The van der Waals surface area contributed by atoms with Crippen molar-refractivity contribution in [3.05, 3.63) is 58.1 Å². The topological polar surface area (TPSA) is 21.3 Å². The third-order valence-electron chi connectivity index (χ3n) is 3.85. The van der Waals surface area contributed by atoms with Crippen LogP contribution in [0.2, 0.25) is 0 Å². The van der Waals surface area contributed by atoms with Crippen molar-refractivity contribution in [3.8, 4) is 5.75 Å². The largest absolute Gasteiger partial charge is 0.497 e. The number of fused-ring (bicyclic) bond motifs is 1. The minimum atomic E-state index is 0.370. The molecule has 0 bridgehead atoms. The first kappa shape index (κ1) is 13.5. The Bertz CT molecular complexity index is 594. The van der Waals surface area contributed by atoms with Crippen molar-refractivity contribution in [3.63, 3.8) is 0 Å². The minimum absolute atomic E-state index is 0.370. The van der Waals surface area contributed by atoms with Gasteiger partial charge >= 0.3 is 0 Å². The fourth-order valence-electron chi connectivity index (χ4n) is 2.80. The third kappa shape index (κ3) is 2.83. The van der Waals surface area contributed by atoms with Crippen LogP contribution in [0.25, 0.3) is 0 Å². The van der Waals surface area contributed by atoms with E-state index in [4.69, 9.17) is 4.74 Å². The molecular formula is C17H18BrNO. The van der Waals surface area contributed by atoms with E-state index in [0.29, 0.717) is 6.04 Å². The molecule has 104 valence electrons. The third-order valence-corrected chi connectivity index (χ3v) is 4.38. The molecule has 0 amide bonds. The number of nitrogens with one attached hydrogen (secondary N) is 1. The molecule has 0 radical (unpaired) electrons. The van der Waals surface area contributed by atoms with Gasteiger partial charge in [-0.1, -0.05) is 22.0 Å². The maximum Gasteiger partial charge on any atom is 0.119 e. The van der Waals surface area contributed by atoms with Gasteiger partial charge < -0.3 is 10.1 Å². The number of halogens is 1. The molecule has 1 aliphatic carbocycles. The number of hydrogen-bond donors (Lipinski definition) is 1. The lowest BCUT2D eigenvalue weighted by atomic mass is 9.87. The highest BCUT2D eigenvalue weighted by Gasteiger charge is 2.20. The van der Waals surface area contributed by atoms with E-state index < -0.39 is 0 Å². The SMILES string of the molecule is COc1ccc2c(c1)C(Nc1ccc(Br)cc1)CCC2. The first-order chi connectivity index (χ1) is 9.76. The summed E-state index contributed by atoms with van der Waals surface area (Å²) in [5.41, 5.74) is 3.97. The van der Waals surface area contributed by atoms with Crippen molar-refractivity contribution in [2.75, 3.05) is 12.4 Å². The molecular weight excluding hydrogens is 314 g/mol. The molecule has 0 saturated heterocycles. The summed E-state index contributed by atoms with van der Waals surface area (Å²) in [5, 5.41) is 3.64. The highest BCUT2D eigenvalue weighted by molar-refractivity contribution is 9.10. The Morgan fingerprint density at radius 1 is 1.15 bits per heavy atom. The van der Waals surface area contributed by atoms with Crippen LogP contribution in [0.4, 0.5) is 5.69 Å². The standard InChI is InChI=1S/C17H18BrNO/c1-20-15-10-5-12-3-2-4-17(16(12)11-15)19-14-8-6-13(18)7-9-14/h5-11,17,19H,2-4H2,1H3. The molecule has 0 heterocycles. The van der Waals surface area contributed by atoms with E-state index >= 15 is 0 Å². The maximum atomic E-state index is 5.36. The molecule has 1 N–H and O–H groups in total. The number of anilines is 1. The summed E-state index contributed by atoms with van der Waals surface area (Å²) in [4.78, 5) is 0. The molecule has 1 atom stereocenters. The highest BCUT2D eigenvalue weighted by Crippen LogP contribution is 2.34. The van der Waals surface area contributed by atoms with Crippen LogP contribution in [0.3, 0.4) is 0 Å². The second kappa shape index (κ2) is 5.88. The van der Waals surface area contributed by atoms with Crippen molar-refractivity contribution in [2.24, 2.45) is 0 Å². The number of hydrogen-bond acceptors (Lipinski definition) is 2. The molecule has 1 unspecified atom stereocenters. The fraction of sp³-hybridized carbons (Fsp3) is 0.294. The predicted molar refractivity (Wildman–Crippen MR) is 86.4 cm³/mol. The van der Waals surface area contributed by atoms with E-state index in [0.717, 1.165) is 28.8 Å². The molecule has 3 heteroatoms. The summed E-state index contributed by atoms with van der Waals surface area (Å²) in [6.45, 7) is 0. The molecule has 0 spiro atoms. The average molecular weight is 332 g/mol. The van der Waals surface area contributed by atoms with Gasteiger partial charge in [-0.05, 0) is 66.8 Å². The summed E-state index contributed by atoms with van der Waals surface area (Å²) in [6.07, 6.45) is 3.56. The Balaban J connectivity index is 1.87. The Morgan fingerprint density at radius 2 is 1.95 bits per heavy atom. The quantitative estimate of drug-likeness (QED) is 0.859. The van der Waals surface area contributed by atoms with E-state index in [1.54, 1.807) is 7.11 Å². The summed E-state index contributed by atoms with van der Waals surface area (Å²) in [6, 6.07) is 15.1. The monoisotopic (exact) mass is 331 g/mol. The minimum Gasteiger partial charge on any atom is -0.497 e. The number of ether oxygens (including phenoxy) is 1. The molecule has 0 aliphatic heterocycles. The Kier molecular flexibility index (Phi) is 3.97. The smallest absolute Gasteiger partial charge is 0.119 e. The average Bonchev–Trinajstić information content (AvgIpc) is 2.49.